The van der Waals surface area contributed by atoms with Gasteiger partial charge in [0.1, 0.15) is 0 Å². The number of allylic oxidation sites excluding steroid dienone is 2. The largest absolute Gasteiger partial charge is 0.369 e. The van der Waals surface area contributed by atoms with Crippen LogP contribution in [-0.4, -0.2) is 6.10 Å². The van der Waals surface area contributed by atoms with E-state index in [-0.39, 0.29) is 6.10 Å². The molecule has 0 amide bonds. The molecule has 0 radical (unpaired) electrons. The molecule has 1 aromatic carbocycles. The first-order valence-corrected chi connectivity index (χ1v) is 7.02. The second-order valence-corrected chi connectivity index (χ2v) is 5.73. The van der Waals surface area contributed by atoms with Crippen LogP contribution in [0.25, 0.3) is 0 Å². The van der Waals surface area contributed by atoms with Gasteiger partial charge in [0.25, 0.3) is 0 Å². The molecule has 0 aromatic heterocycles. The van der Waals surface area contributed by atoms with Crippen molar-refractivity contribution < 1.29 is 4.74 Å². The summed E-state index contributed by atoms with van der Waals surface area (Å²) in [6.45, 7) is 0.653. The van der Waals surface area contributed by atoms with Crippen molar-refractivity contribution in [3.05, 3.63) is 56.1 Å². The highest BCUT2D eigenvalue weighted by Gasteiger charge is 2.07. The Morgan fingerprint density at radius 2 is 2.25 bits per heavy atom. The van der Waals surface area contributed by atoms with E-state index in [2.05, 4.69) is 74.9 Å². The number of rotatable bonds is 3. The topological polar surface area (TPSA) is 9.23 Å². The summed E-state index contributed by atoms with van der Waals surface area (Å²) in [5, 5.41) is 0. The van der Waals surface area contributed by atoms with Crippen LogP contribution in [0.15, 0.2) is 47.0 Å². The quantitative estimate of drug-likeness (QED) is 0.692. The fourth-order valence-electron chi connectivity index (χ4n) is 1.53. The van der Waals surface area contributed by atoms with E-state index >= 15 is 0 Å². The fraction of sp³-hybridized carbons (Fsp3) is 0.231. The van der Waals surface area contributed by atoms with Gasteiger partial charge in [-0.25, -0.2) is 0 Å². The average Bonchev–Trinajstić information content (AvgIpc) is 2.32. The molecule has 1 aromatic rings. The normalized spacial score (nSPS) is 19.0. The molecule has 0 saturated heterocycles. The van der Waals surface area contributed by atoms with Crippen LogP contribution in [0.1, 0.15) is 12.0 Å². The average molecular weight is 391 g/mol. The number of hydrogen-bond donors (Lipinski definition) is 0. The zero-order chi connectivity index (χ0) is 11.4. The van der Waals surface area contributed by atoms with E-state index in [9.17, 15) is 0 Å². The Kier molecular flexibility index (Phi) is 4.61. The molecule has 1 atom stereocenters. The lowest BCUT2D eigenvalue weighted by Gasteiger charge is -2.15. The molecule has 84 valence electrons. The molecule has 0 heterocycles. The van der Waals surface area contributed by atoms with Crippen molar-refractivity contribution in [2.75, 3.05) is 0 Å². The molecule has 1 aliphatic carbocycles. The first-order valence-electron chi connectivity index (χ1n) is 5.14. The molecular weight excluding hydrogens is 379 g/mol. The number of hydrogen-bond acceptors (Lipinski definition) is 1. The summed E-state index contributed by atoms with van der Waals surface area (Å²) in [4.78, 5) is 0. The Balaban J connectivity index is 1.96. The van der Waals surface area contributed by atoms with Gasteiger partial charge in [-0.1, -0.05) is 40.2 Å². The van der Waals surface area contributed by atoms with Crippen molar-refractivity contribution in [2.45, 2.75) is 19.1 Å². The standard InChI is InChI=1S/C13H12BrIO/c14-13-7-6-11(15)8-10(13)9-16-12-4-2-1-3-5-12/h1-4,6-8,12H,5,9H2. The van der Waals surface area contributed by atoms with Gasteiger partial charge in [-0.05, 0) is 52.8 Å². The predicted octanol–water partition coefficient (Wildman–Crippen LogP) is 4.46. The second-order valence-electron chi connectivity index (χ2n) is 3.63. The molecule has 0 spiro atoms. The molecule has 1 aliphatic rings. The maximum absolute atomic E-state index is 5.83. The van der Waals surface area contributed by atoms with Gasteiger partial charge in [-0.15, -0.1) is 0 Å². The minimum atomic E-state index is 0.217. The molecular formula is C13H12BrIO. The van der Waals surface area contributed by atoms with Crippen LogP contribution >= 0.6 is 38.5 Å². The minimum Gasteiger partial charge on any atom is -0.369 e. The summed E-state index contributed by atoms with van der Waals surface area (Å²) in [6.07, 6.45) is 9.52. The summed E-state index contributed by atoms with van der Waals surface area (Å²) in [5.74, 6) is 0. The van der Waals surface area contributed by atoms with Gasteiger partial charge in [0.15, 0.2) is 0 Å². The Hall–Kier alpha value is -0.130. The number of halogens is 2. The van der Waals surface area contributed by atoms with Gasteiger partial charge in [-0.2, -0.15) is 0 Å². The van der Waals surface area contributed by atoms with Crippen LogP contribution in [0.4, 0.5) is 0 Å². The summed E-state index contributed by atoms with van der Waals surface area (Å²) in [5.41, 5.74) is 1.20. The van der Waals surface area contributed by atoms with Crippen LogP contribution < -0.4 is 0 Å². The van der Waals surface area contributed by atoms with Gasteiger partial charge in [-0.3, -0.25) is 0 Å². The lowest BCUT2D eigenvalue weighted by molar-refractivity contribution is 0.0729. The molecule has 1 nitrogen and oxygen atoms in total. The van der Waals surface area contributed by atoms with E-state index in [1.807, 2.05) is 6.08 Å². The monoisotopic (exact) mass is 390 g/mol. The van der Waals surface area contributed by atoms with Crippen LogP contribution in [0.2, 0.25) is 0 Å². The molecule has 0 bridgehead atoms. The second kappa shape index (κ2) is 5.98. The summed E-state index contributed by atoms with van der Waals surface area (Å²) in [7, 11) is 0. The Labute approximate surface area is 118 Å². The minimum absolute atomic E-state index is 0.217. The lowest BCUT2D eigenvalue weighted by Crippen LogP contribution is -2.10. The van der Waals surface area contributed by atoms with E-state index in [4.69, 9.17) is 4.74 Å². The van der Waals surface area contributed by atoms with Gasteiger partial charge in [0, 0.05) is 8.04 Å². The smallest absolute Gasteiger partial charge is 0.0797 e. The van der Waals surface area contributed by atoms with Crippen LogP contribution in [-0.2, 0) is 11.3 Å². The van der Waals surface area contributed by atoms with Crippen molar-refractivity contribution in [1.82, 2.24) is 0 Å². The maximum Gasteiger partial charge on any atom is 0.0797 e. The Morgan fingerprint density at radius 3 is 3.00 bits per heavy atom. The third kappa shape index (κ3) is 3.43. The van der Waals surface area contributed by atoms with Gasteiger partial charge in [0.05, 0.1) is 12.7 Å². The van der Waals surface area contributed by atoms with Crippen molar-refractivity contribution in [3.63, 3.8) is 0 Å². The van der Waals surface area contributed by atoms with E-state index < -0.39 is 0 Å². The first kappa shape index (κ1) is 12.3. The fourth-order valence-corrected chi connectivity index (χ4v) is 2.45. The van der Waals surface area contributed by atoms with E-state index in [1.165, 1.54) is 9.13 Å². The SMILES string of the molecule is Brc1ccc(I)cc1COC1C=CC=CC1. The molecule has 16 heavy (non-hydrogen) atoms. The molecule has 0 saturated carbocycles. The van der Waals surface area contributed by atoms with Crippen molar-refractivity contribution >= 4 is 38.5 Å². The predicted molar refractivity (Wildman–Crippen MR) is 78.3 cm³/mol. The van der Waals surface area contributed by atoms with E-state index in [0.29, 0.717) is 6.61 Å². The summed E-state index contributed by atoms with van der Waals surface area (Å²) in [6, 6.07) is 6.29. The molecule has 3 heteroatoms. The first-order chi connectivity index (χ1) is 7.75. The Bertz CT molecular complexity index is 426. The molecule has 0 fully saturated rings. The molecule has 0 aliphatic heterocycles. The molecule has 2 rings (SSSR count). The number of benzene rings is 1. The third-order valence-electron chi connectivity index (χ3n) is 2.40. The van der Waals surface area contributed by atoms with E-state index in [1.54, 1.807) is 0 Å². The third-order valence-corrected chi connectivity index (χ3v) is 3.85. The van der Waals surface area contributed by atoms with E-state index in [0.717, 1.165) is 10.9 Å². The van der Waals surface area contributed by atoms with Crippen LogP contribution in [0.3, 0.4) is 0 Å². The zero-order valence-corrected chi connectivity index (χ0v) is 12.4. The lowest BCUT2D eigenvalue weighted by atomic mass is 10.1. The van der Waals surface area contributed by atoms with Crippen LogP contribution in [0.5, 0.6) is 0 Å². The molecule has 0 N–H and O–H groups in total. The van der Waals surface area contributed by atoms with Crippen molar-refractivity contribution in [3.8, 4) is 0 Å². The highest BCUT2D eigenvalue weighted by atomic mass is 127. The Morgan fingerprint density at radius 1 is 1.38 bits per heavy atom. The number of ether oxygens (including phenoxy) is 1. The maximum atomic E-state index is 5.83. The van der Waals surface area contributed by atoms with Crippen molar-refractivity contribution in [2.24, 2.45) is 0 Å². The highest BCUT2D eigenvalue weighted by molar-refractivity contribution is 14.1. The summed E-state index contributed by atoms with van der Waals surface area (Å²) < 4.78 is 8.18. The zero-order valence-electron chi connectivity index (χ0n) is 8.70. The molecule has 1 unspecified atom stereocenters. The van der Waals surface area contributed by atoms with Gasteiger partial charge >= 0.3 is 0 Å². The summed E-state index contributed by atoms with van der Waals surface area (Å²) >= 11 is 5.85. The highest BCUT2D eigenvalue weighted by Crippen LogP contribution is 2.21. The van der Waals surface area contributed by atoms with Crippen molar-refractivity contribution in [1.29, 1.82) is 0 Å². The van der Waals surface area contributed by atoms with Gasteiger partial charge in [0.2, 0.25) is 0 Å². The van der Waals surface area contributed by atoms with Crippen LogP contribution in [0, 0.1) is 3.57 Å². The van der Waals surface area contributed by atoms with Gasteiger partial charge < -0.3 is 4.74 Å².